The summed E-state index contributed by atoms with van der Waals surface area (Å²) in [5.41, 5.74) is -0.345. The number of amides is 1. The summed E-state index contributed by atoms with van der Waals surface area (Å²) < 4.78 is 7.22. The topological polar surface area (TPSA) is 97.3 Å². The SMILES string of the molecule is CC(C)n1cc([C@@]2(O)CCCN(C(=O)c3coc(C4CCC4)n3)C2)nn1. The lowest BCUT2D eigenvalue weighted by Gasteiger charge is -2.37. The van der Waals surface area contributed by atoms with Gasteiger partial charge in [-0.25, -0.2) is 9.67 Å². The summed E-state index contributed by atoms with van der Waals surface area (Å²) in [5.74, 6) is 0.807. The molecule has 2 aromatic rings. The molecule has 0 spiro atoms. The number of hydrogen-bond acceptors (Lipinski definition) is 6. The molecule has 0 unspecified atom stereocenters. The third kappa shape index (κ3) is 3.02. The van der Waals surface area contributed by atoms with Crippen LogP contribution in [0.25, 0.3) is 0 Å². The quantitative estimate of drug-likeness (QED) is 0.899. The van der Waals surface area contributed by atoms with Crippen molar-refractivity contribution in [2.24, 2.45) is 0 Å². The highest BCUT2D eigenvalue weighted by molar-refractivity contribution is 5.92. The standard InChI is InChI=1S/C18H25N5O3/c1-12(2)23-9-15(20-21-23)18(25)7-4-8-22(11-18)17(24)14-10-26-16(19-14)13-5-3-6-13/h9-10,12-13,25H,3-8,11H2,1-2H3/t18-/m1/s1. The van der Waals surface area contributed by atoms with Crippen LogP contribution in [0.15, 0.2) is 16.9 Å². The molecular formula is C18H25N5O3. The number of aliphatic hydroxyl groups is 1. The van der Waals surface area contributed by atoms with Gasteiger partial charge in [-0.2, -0.15) is 0 Å². The zero-order valence-electron chi connectivity index (χ0n) is 15.3. The van der Waals surface area contributed by atoms with Crippen molar-refractivity contribution in [3.05, 3.63) is 29.7 Å². The first-order valence-electron chi connectivity index (χ1n) is 9.36. The van der Waals surface area contributed by atoms with E-state index in [9.17, 15) is 9.90 Å². The van der Waals surface area contributed by atoms with E-state index in [2.05, 4.69) is 15.3 Å². The fourth-order valence-electron chi connectivity index (χ4n) is 3.55. The molecule has 0 bridgehead atoms. The second-order valence-corrected chi connectivity index (χ2v) is 7.74. The van der Waals surface area contributed by atoms with Crippen molar-refractivity contribution in [3.63, 3.8) is 0 Å². The Morgan fingerprint density at radius 3 is 2.85 bits per heavy atom. The van der Waals surface area contributed by atoms with Crippen molar-refractivity contribution in [3.8, 4) is 0 Å². The number of carbonyl (C=O) groups excluding carboxylic acids is 1. The normalized spacial score (nSPS) is 24.1. The predicted octanol–water partition coefficient (Wildman–Crippen LogP) is 2.24. The van der Waals surface area contributed by atoms with Crippen LogP contribution >= 0.6 is 0 Å². The molecule has 1 aliphatic carbocycles. The second-order valence-electron chi connectivity index (χ2n) is 7.74. The lowest BCUT2D eigenvalue weighted by atomic mass is 9.85. The number of hydrogen-bond donors (Lipinski definition) is 1. The molecule has 2 fully saturated rings. The summed E-state index contributed by atoms with van der Waals surface area (Å²) in [7, 11) is 0. The molecule has 0 aromatic carbocycles. The second kappa shape index (κ2) is 6.50. The van der Waals surface area contributed by atoms with Crippen LogP contribution in [-0.2, 0) is 5.60 Å². The van der Waals surface area contributed by atoms with E-state index in [0.717, 1.165) is 12.8 Å². The Hall–Kier alpha value is -2.22. The van der Waals surface area contributed by atoms with Crippen LogP contribution in [0.2, 0.25) is 0 Å². The van der Waals surface area contributed by atoms with Gasteiger partial charge in [0, 0.05) is 18.5 Å². The van der Waals surface area contributed by atoms with Gasteiger partial charge in [-0.1, -0.05) is 11.6 Å². The molecule has 8 nitrogen and oxygen atoms in total. The lowest BCUT2D eigenvalue weighted by Crippen LogP contribution is -2.48. The highest BCUT2D eigenvalue weighted by atomic mass is 16.3. The van der Waals surface area contributed by atoms with Gasteiger partial charge in [0.15, 0.2) is 11.6 Å². The van der Waals surface area contributed by atoms with E-state index >= 15 is 0 Å². The van der Waals surface area contributed by atoms with E-state index in [1.807, 2.05) is 13.8 Å². The van der Waals surface area contributed by atoms with E-state index in [4.69, 9.17) is 4.42 Å². The van der Waals surface area contributed by atoms with E-state index < -0.39 is 5.60 Å². The van der Waals surface area contributed by atoms with E-state index in [-0.39, 0.29) is 18.5 Å². The predicted molar refractivity (Wildman–Crippen MR) is 92.5 cm³/mol. The average molecular weight is 359 g/mol. The van der Waals surface area contributed by atoms with Gasteiger partial charge in [-0.05, 0) is 39.5 Å². The summed E-state index contributed by atoms with van der Waals surface area (Å²) in [6.45, 7) is 4.78. The first kappa shape index (κ1) is 17.2. The minimum Gasteiger partial charge on any atom is -0.448 e. The van der Waals surface area contributed by atoms with Crippen LogP contribution in [0, 0.1) is 0 Å². The van der Waals surface area contributed by atoms with Crippen LogP contribution in [0.1, 0.15) is 80.0 Å². The number of nitrogens with zero attached hydrogens (tertiary/aromatic N) is 5. The maximum absolute atomic E-state index is 12.8. The Balaban J connectivity index is 1.50. The van der Waals surface area contributed by atoms with Gasteiger partial charge >= 0.3 is 0 Å². The third-order valence-electron chi connectivity index (χ3n) is 5.47. The fourth-order valence-corrected chi connectivity index (χ4v) is 3.55. The Bertz CT molecular complexity index is 794. The molecule has 1 amide bonds. The number of piperidine rings is 1. The van der Waals surface area contributed by atoms with Crippen molar-refractivity contribution >= 4 is 5.91 Å². The first-order chi connectivity index (χ1) is 12.5. The number of rotatable bonds is 4. The number of oxazole rings is 1. The van der Waals surface area contributed by atoms with Gasteiger partial charge < -0.3 is 14.4 Å². The van der Waals surface area contributed by atoms with Gasteiger partial charge in [0.05, 0.1) is 12.7 Å². The van der Waals surface area contributed by atoms with Gasteiger partial charge in [-0.3, -0.25) is 4.79 Å². The monoisotopic (exact) mass is 359 g/mol. The zero-order chi connectivity index (χ0) is 18.3. The molecule has 3 heterocycles. The minimum atomic E-state index is -1.18. The summed E-state index contributed by atoms with van der Waals surface area (Å²) in [6, 6.07) is 0.168. The number of carbonyl (C=O) groups is 1. The van der Waals surface area contributed by atoms with Crippen molar-refractivity contribution < 1.29 is 14.3 Å². The molecule has 26 heavy (non-hydrogen) atoms. The molecule has 1 saturated carbocycles. The van der Waals surface area contributed by atoms with Crippen LogP contribution in [0.3, 0.4) is 0 Å². The van der Waals surface area contributed by atoms with E-state index in [0.29, 0.717) is 42.6 Å². The van der Waals surface area contributed by atoms with Crippen molar-refractivity contribution in [2.75, 3.05) is 13.1 Å². The third-order valence-corrected chi connectivity index (χ3v) is 5.47. The van der Waals surface area contributed by atoms with Gasteiger partial charge in [0.25, 0.3) is 5.91 Å². The zero-order valence-corrected chi connectivity index (χ0v) is 15.3. The number of aromatic nitrogens is 4. The Labute approximate surface area is 152 Å². The average Bonchev–Trinajstić information content (AvgIpc) is 3.22. The molecule has 1 N–H and O–H groups in total. The highest BCUT2D eigenvalue weighted by Crippen LogP contribution is 2.36. The van der Waals surface area contributed by atoms with E-state index in [1.54, 1.807) is 15.8 Å². The summed E-state index contributed by atoms with van der Waals surface area (Å²) in [4.78, 5) is 18.8. The maximum Gasteiger partial charge on any atom is 0.275 e. The van der Waals surface area contributed by atoms with Crippen LogP contribution < -0.4 is 0 Å². The molecule has 140 valence electrons. The first-order valence-corrected chi connectivity index (χ1v) is 9.36. The molecule has 4 rings (SSSR count). The van der Waals surface area contributed by atoms with Gasteiger partial charge in [0.2, 0.25) is 0 Å². The molecule has 8 heteroatoms. The summed E-state index contributed by atoms with van der Waals surface area (Å²) in [5, 5.41) is 19.3. The van der Waals surface area contributed by atoms with Crippen molar-refractivity contribution in [2.45, 2.75) is 63.5 Å². The Morgan fingerprint density at radius 2 is 2.19 bits per heavy atom. The fraction of sp³-hybridized carbons (Fsp3) is 0.667. The highest BCUT2D eigenvalue weighted by Gasteiger charge is 2.40. The van der Waals surface area contributed by atoms with Crippen molar-refractivity contribution in [1.29, 1.82) is 0 Å². The largest absolute Gasteiger partial charge is 0.448 e. The Kier molecular flexibility index (Phi) is 4.30. The molecule has 1 aliphatic heterocycles. The molecule has 2 aliphatic rings. The Morgan fingerprint density at radius 1 is 1.38 bits per heavy atom. The molecule has 0 radical (unpaired) electrons. The summed E-state index contributed by atoms with van der Waals surface area (Å²) in [6.07, 6.45) is 7.80. The minimum absolute atomic E-state index is 0.168. The van der Waals surface area contributed by atoms with Crippen LogP contribution in [-0.4, -0.2) is 49.0 Å². The lowest BCUT2D eigenvalue weighted by molar-refractivity contribution is -0.0322. The maximum atomic E-state index is 12.8. The molecule has 1 saturated heterocycles. The molecule has 1 atom stereocenters. The smallest absolute Gasteiger partial charge is 0.275 e. The summed E-state index contributed by atoms with van der Waals surface area (Å²) >= 11 is 0. The van der Waals surface area contributed by atoms with Gasteiger partial charge in [0.1, 0.15) is 17.6 Å². The van der Waals surface area contributed by atoms with Crippen LogP contribution in [0.4, 0.5) is 0 Å². The van der Waals surface area contributed by atoms with E-state index in [1.165, 1.54) is 12.7 Å². The van der Waals surface area contributed by atoms with Crippen LogP contribution in [0.5, 0.6) is 0 Å². The molecular weight excluding hydrogens is 334 g/mol. The molecule has 2 aromatic heterocycles. The van der Waals surface area contributed by atoms with Crippen molar-refractivity contribution in [1.82, 2.24) is 24.9 Å². The van der Waals surface area contributed by atoms with Gasteiger partial charge in [-0.15, -0.1) is 5.10 Å². The number of likely N-dealkylation sites (tertiary alicyclic amines) is 1. The number of β-amino-alcohol motifs (C(OH)–C–C–N with tert-alkyl or cyclic N) is 1.